The Bertz CT molecular complexity index is 153. The molecule has 0 aromatic carbocycles. The SMILES string of the molecule is C[C@@H]1NCCO[C@@H]1COC(C)(C)C. The molecule has 78 valence electrons. The van der Waals surface area contributed by atoms with Crippen molar-refractivity contribution in [2.75, 3.05) is 19.8 Å². The minimum absolute atomic E-state index is 0.0689. The highest BCUT2D eigenvalue weighted by molar-refractivity contribution is 4.77. The normalized spacial score (nSPS) is 30.5. The van der Waals surface area contributed by atoms with Crippen LogP contribution in [-0.4, -0.2) is 37.5 Å². The summed E-state index contributed by atoms with van der Waals surface area (Å²) < 4.78 is 11.3. The zero-order valence-electron chi connectivity index (χ0n) is 9.09. The van der Waals surface area contributed by atoms with Crippen molar-refractivity contribution in [2.24, 2.45) is 0 Å². The zero-order chi connectivity index (χ0) is 9.90. The van der Waals surface area contributed by atoms with Crippen molar-refractivity contribution in [1.82, 2.24) is 5.32 Å². The summed E-state index contributed by atoms with van der Waals surface area (Å²) in [6, 6.07) is 0.399. The number of nitrogens with one attached hydrogen (secondary N) is 1. The van der Waals surface area contributed by atoms with Gasteiger partial charge in [-0.05, 0) is 27.7 Å². The molecule has 1 fully saturated rings. The Morgan fingerprint density at radius 3 is 2.69 bits per heavy atom. The van der Waals surface area contributed by atoms with Gasteiger partial charge in [0.25, 0.3) is 0 Å². The lowest BCUT2D eigenvalue weighted by Gasteiger charge is -2.32. The van der Waals surface area contributed by atoms with Gasteiger partial charge in [-0.15, -0.1) is 0 Å². The average molecular weight is 187 g/mol. The Hall–Kier alpha value is -0.120. The van der Waals surface area contributed by atoms with Crippen molar-refractivity contribution in [3.8, 4) is 0 Å². The number of morpholine rings is 1. The van der Waals surface area contributed by atoms with Gasteiger partial charge in [0, 0.05) is 12.6 Å². The fraction of sp³-hybridized carbons (Fsp3) is 1.00. The molecule has 0 unspecified atom stereocenters. The topological polar surface area (TPSA) is 30.5 Å². The van der Waals surface area contributed by atoms with E-state index in [9.17, 15) is 0 Å². The first-order valence-corrected chi connectivity index (χ1v) is 4.98. The highest BCUT2D eigenvalue weighted by atomic mass is 16.5. The number of rotatable bonds is 2. The average Bonchev–Trinajstić information content (AvgIpc) is 2.01. The molecule has 1 N–H and O–H groups in total. The predicted molar refractivity (Wildman–Crippen MR) is 52.9 cm³/mol. The van der Waals surface area contributed by atoms with Crippen LogP contribution in [0.4, 0.5) is 0 Å². The largest absolute Gasteiger partial charge is 0.373 e. The second-order valence-electron chi connectivity index (χ2n) is 4.58. The molecule has 0 saturated carbocycles. The van der Waals surface area contributed by atoms with Gasteiger partial charge in [-0.3, -0.25) is 0 Å². The Morgan fingerprint density at radius 1 is 1.46 bits per heavy atom. The maximum Gasteiger partial charge on any atom is 0.0959 e. The molecule has 3 nitrogen and oxygen atoms in total. The molecular formula is C10H21NO2. The Balaban J connectivity index is 2.27. The molecule has 3 heteroatoms. The summed E-state index contributed by atoms with van der Waals surface area (Å²) in [6.45, 7) is 10.7. The van der Waals surface area contributed by atoms with Gasteiger partial charge in [0.15, 0.2) is 0 Å². The standard InChI is InChI=1S/C10H21NO2/c1-8-9(12-6-5-11-8)7-13-10(2,3)4/h8-9,11H,5-7H2,1-4H3/t8-,9+/m0/s1. The molecular weight excluding hydrogens is 166 g/mol. The minimum Gasteiger partial charge on any atom is -0.373 e. The maximum atomic E-state index is 5.67. The van der Waals surface area contributed by atoms with Crippen LogP contribution < -0.4 is 5.32 Å². The van der Waals surface area contributed by atoms with E-state index in [1.165, 1.54) is 0 Å². The first-order valence-electron chi connectivity index (χ1n) is 4.98. The van der Waals surface area contributed by atoms with Gasteiger partial charge < -0.3 is 14.8 Å². The molecule has 0 bridgehead atoms. The number of ether oxygens (including phenoxy) is 2. The van der Waals surface area contributed by atoms with E-state index >= 15 is 0 Å². The van der Waals surface area contributed by atoms with Gasteiger partial charge in [0.05, 0.1) is 24.9 Å². The van der Waals surface area contributed by atoms with Crippen molar-refractivity contribution >= 4 is 0 Å². The fourth-order valence-electron chi connectivity index (χ4n) is 1.30. The zero-order valence-corrected chi connectivity index (χ0v) is 9.09. The molecule has 1 aliphatic rings. The molecule has 1 saturated heterocycles. The lowest BCUT2D eigenvalue weighted by molar-refractivity contribution is -0.0934. The van der Waals surface area contributed by atoms with Crippen LogP contribution in [0, 0.1) is 0 Å². The monoisotopic (exact) mass is 187 g/mol. The third-order valence-corrected chi connectivity index (χ3v) is 2.14. The summed E-state index contributed by atoms with van der Waals surface area (Å²) in [5.74, 6) is 0. The van der Waals surface area contributed by atoms with Crippen LogP contribution in [0.5, 0.6) is 0 Å². The Kier molecular flexibility index (Phi) is 3.71. The molecule has 0 aromatic rings. The van der Waals surface area contributed by atoms with Crippen LogP contribution in [0.15, 0.2) is 0 Å². The summed E-state index contributed by atoms with van der Waals surface area (Å²) in [4.78, 5) is 0. The van der Waals surface area contributed by atoms with Gasteiger partial charge in [-0.2, -0.15) is 0 Å². The summed E-state index contributed by atoms with van der Waals surface area (Å²) in [6.07, 6.45) is 0.202. The van der Waals surface area contributed by atoms with E-state index in [0.29, 0.717) is 12.6 Å². The molecule has 0 amide bonds. The first kappa shape index (κ1) is 11.0. The third-order valence-electron chi connectivity index (χ3n) is 2.14. The molecule has 0 radical (unpaired) electrons. The quantitative estimate of drug-likeness (QED) is 0.704. The van der Waals surface area contributed by atoms with Crippen molar-refractivity contribution in [3.63, 3.8) is 0 Å². The minimum atomic E-state index is -0.0689. The second-order valence-corrected chi connectivity index (χ2v) is 4.58. The lowest BCUT2D eigenvalue weighted by Crippen LogP contribution is -2.49. The van der Waals surface area contributed by atoms with E-state index in [1.807, 2.05) is 0 Å². The molecule has 1 heterocycles. The van der Waals surface area contributed by atoms with Crippen LogP contribution >= 0.6 is 0 Å². The number of hydrogen-bond acceptors (Lipinski definition) is 3. The molecule has 1 aliphatic heterocycles. The van der Waals surface area contributed by atoms with Gasteiger partial charge in [-0.1, -0.05) is 0 Å². The van der Waals surface area contributed by atoms with Crippen LogP contribution in [0.1, 0.15) is 27.7 Å². The van der Waals surface area contributed by atoms with Gasteiger partial charge in [0.2, 0.25) is 0 Å². The molecule has 0 aliphatic carbocycles. The summed E-state index contributed by atoms with van der Waals surface area (Å²) in [5.41, 5.74) is -0.0689. The summed E-state index contributed by atoms with van der Waals surface area (Å²) in [5, 5.41) is 3.36. The van der Waals surface area contributed by atoms with E-state index < -0.39 is 0 Å². The lowest BCUT2D eigenvalue weighted by atomic mass is 10.1. The third kappa shape index (κ3) is 4.07. The van der Waals surface area contributed by atoms with Crippen molar-refractivity contribution in [3.05, 3.63) is 0 Å². The van der Waals surface area contributed by atoms with Crippen LogP contribution in [0.2, 0.25) is 0 Å². The molecule has 0 spiro atoms. The maximum absolute atomic E-state index is 5.67. The predicted octanol–water partition coefficient (Wildman–Crippen LogP) is 1.18. The van der Waals surface area contributed by atoms with E-state index in [4.69, 9.17) is 9.47 Å². The van der Waals surface area contributed by atoms with Crippen molar-refractivity contribution in [2.45, 2.75) is 45.4 Å². The van der Waals surface area contributed by atoms with E-state index in [1.54, 1.807) is 0 Å². The van der Waals surface area contributed by atoms with Crippen LogP contribution in [0.25, 0.3) is 0 Å². The molecule has 2 atom stereocenters. The van der Waals surface area contributed by atoms with Crippen LogP contribution in [-0.2, 0) is 9.47 Å². The van der Waals surface area contributed by atoms with Crippen LogP contribution in [0.3, 0.4) is 0 Å². The highest BCUT2D eigenvalue weighted by Gasteiger charge is 2.23. The van der Waals surface area contributed by atoms with E-state index in [0.717, 1.165) is 13.2 Å². The Morgan fingerprint density at radius 2 is 2.15 bits per heavy atom. The first-order chi connectivity index (χ1) is 5.99. The molecule has 0 aromatic heterocycles. The molecule has 1 rings (SSSR count). The van der Waals surface area contributed by atoms with Gasteiger partial charge in [-0.25, -0.2) is 0 Å². The van der Waals surface area contributed by atoms with Gasteiger partial charge >= 0.3 is 0 Å². The van der Waals surface area contributed by atoms with Crippen molar-refractivity contribution < 1.29 is 9.47 Å². The van der Waals surface area contributed by atoms with E-state index in [2.05, 4.69) is 33.0 Å². The number of hydrogen-bond donors (Lipinski definition) is 1. The summed E-state index contributed by atoms with van der Waals surface area (Å²) in [7, 11) is 0. The molecule has 13 heavy (non-hydrogen) atoms. The van der Waals surface area contributed by atoms with Gasteiger partial charge in [0.1, 0.15) is 0 Å². The van der Waals surface area contributed by atoms with E-state index in [-0.39, 0.29) is 11.7 Å². The fourth-order valence-corrected chi connectivity index (χ4v) is 1.30. The smallest absolute Gasteiger partial charge is 0.0959 e. The second kappa shape index (κ2) is 4.40. The highest BCUT2D eigenvalue weighted by Crippen LogP contribution is 2.11. The van der Waals surface area contributed by atoms with Crippen molar-refractivity contribution in [1.29, 1.82) is 0 Å². The Labute approximate surface area is 80.8 Å². The summed E-state index contributed by atoms with van der Waals surface area (Å²) >= 11 is 0.